The number of aromatic nitrogens is 2. The van der Waals surface area contributed by atoms with E-state index in [1.54, 1.807) is 12.4 Å². The number of pyridine rings is 2. The van der Waals surface area contributed by atoms with E-state index in [9.17, 15) is 0 Å². The molecule has 0 unspecified atom stereocenters. The van der Waals surface area contributed by atoms with Crippen LogP contribution in [0.1, 0.15) is 91.1 Å². The van der Waals surface area contributed by atoms with Crippen molar-refractivity contribution in [2.75, 3.05) is 21.7 Å². The SMILES string of the molecule is Cc1ccc2c(n1)oc1c(N3C=CN(c4c(C(C)C)cccc4C(C)C)[C@@H]3C)c(C)ccc12.[2H]C([2H])([2H])N1C=CN(c2c(C)ccc3c2oc2nc(C)ccc23)[C@H]1C. The van der Waals surface area contributed by atoms with Crippen LogP contribution in [0.15, 0.2) is 100 Å². The van der Waals surface area contributed by atoms with Gasteiger partial charge < -0.3 is 28.4 Å². The summed E-state index contributed by atoms with van der Waals surface area (Å²) in [7, 11) is 0. The fourth-order valence-corrected chi connectivity index (χ4v) is 8.08. The largest absolute Gasteiger partial charge is 0.435 e. The van der Waals surface area contributed by atoms with Crippen LogP contribution in [0.25, 0.3) is 44.1 Å². The van der Waals surface area contributed by atoms with Crippen LogP contribution in [0, 0.1) is 27.7 Å². The topological polar surface area (TPSA) is 65.0 Å². The zero-order valence-electron chi connectivity index (χ0n) is 36.5. The lowest BCUT2D eigenvalue weighted by atomic mass is 9.92. The maximum atomic E-state index is 7.69. The molecule has 0 amide bonds. The molecule has 0 saturated heterocycles. The Hall–Kier alpha value is -5.76. The molecular weight excluding hydrogens is 681 g/mol. The molecule has 9 rings (SSSR count). The number of rotatable bonds is 5. The van der Waals surface area contributed by atoms with Gasteiger partial charge in [-0.1, -0.05) is 70.2 Å². The van der Waals surface area contributed by atoms with Crippen molar-refractivity contribution in [2.45, 2.75) is 93.4 Å². The first-order valence-electron chi connectivity index (χ1n) is 20.8. The molecule has 2 aliphatic rings. The van der Waals surface area contributed by atoms with Crippen molar-refractivity contribution < 1.29 is 12.9 Å². The first-order valence-corrected chi connectivity index (χ1v) is 19.3. The van der Waals surface area contributed by atoms with Crippen molar-refractivity contribution in [1.82, 2.24) is 14.9 Å². The zero-order chi connectivity index (χ0) is 41.4. The molecule has 0 spiro atoms. The van der Waals surface area contributed by atoms with Gasteiger partial charge in [-0.15, -0.1) is 0 Å². The molecule has 7 aromatic rings. The Morgan fingerprint density at radius 2 is 0.982 bits per heavy atom. The highest BCUT2D eigenvalue weighted by Crippen LogP contribution is 2.44. The standard InChI is InChI=1S/C29H33N3O.C18H19N3O/c1-17(2)22-9-8-10-23(18(3)4)27(22)32-16-15-31(21(32)7)26-19(5)11-13-24-25-14-12-20(6)30-29(25)33-28(24)26;1-11-5-7-14-15-8-6-12(2)19-18(15)22-17(14)16(11)21-10-9-20(4)13(21)3/h8-18,21H,1-7H3;5-10,13H,1-4H3/t21-;13-/m10/s1/i;4D3. The Morgan fingerprint density at radius 3 is 1.44 bits per heavy atom. The number of aryl methyl sites for hydroxylation is 4. The van der Waals surface area contributed by atoms with Crippen molar-refractivity contribution in [2.24, 2.45) is 0 Å². The van der Waals surface area contributed by atoms with Crippen LogP contribution in [0.3, 0.4) is 0 Å². The lowest BCUT2D eigenvalue weighted by Crippen LogP contribution is -2.37. The van der Waals surface area contributed by atoms with Crippen LogP contribution in [0.2, 0.25) is 0 Å². The molecule has 0 bridgehead atoms. The third-order valence-electron chi connectivity index (χ3n) is 11.1. The van der Waals surface area contributed by atoms with Gasteiger partial charge in [-0.2, -0.15) is 0 Å². The summed E-state index contributed by atoms with van der Waals surface area (Å²) in [6, 6.07) is 23.3. The van der Waals surface area contributed by atoms with Crippen LogP contribution in [0.5, 0.6) is 0 Å². The molecule has 2 atom stereocenters. The molecule has 0 aliphatic carbocycles. The summed E-state index contributed by atoms with van der Waals surface area (Å²) in [4.78, 5) is 17.2. The van der Waals surface area contributed by atoms with Crippen molar-refractivity contribution in [3.63, 3.8) is 0 Å². The Kier molecular flexibility index (Phi) is 8.21. The van der Waals surface area contributed by atoms with E-state index in [0.29, 0.717) is 23.3 Å². The van der Waals surface area contributed by atoms with Crippen LogP contribution < -0.4 is 14.7 Å². The fraction of sp³-hybridized carbons (Fsp3) is 0.319. The van der Waals surface area contributed by atoms with E-state index in [-0.39, 0.29) is 12.3 Å². The number of benzene rings is 3. The maximum Gasteiger partial charge on any atom is 0.227 e. The first kappa shape index (κ1) is 32.7. The number of hydrogen-bond acceptors (Lipinski definition) is 8. The molecule has 282 valence electrons. The van der Waals surface area contributed by atoms with Gasteiger partial charge in [0.15, 0.2) is 11.2 Å². The quantitative estimate of drug-likeness (QED) is 0.173. The fourth-order valence-electron chi connectivity index (χ4n) is 8.08. The second-order valence-electron chi connectivity index (χ2n) is 15.6. The smallest absolute Gasteiger partial charge is 0.227 e. The van der Waals surface area contributed by atoms with Gasteiger partial charge in [-0.05, 0) is 99.9 Å². The van der Waals surface area contributed by atoms with Gasteiger partial charge in [0, 0.05) is 74.5 Å². The van der Waals surface area contributed by atoms with E-state index in [1.807, 2.05) is 62.9 Å². The Bertz CT molecular complexity index is 2740. The van der Waals surface area contributed by atoms with E-state index in [1.165, 1.54) is 27.3 Å². The summed E-state index contributed by atoms with van der Waals surface area (Å²) in [5.74, 6) is 0.895. The first-order chi connectivity index (χ1) is 27.5. The van der Waals surface area contributed by atoms with Crippen LogP contribution >= 0.6 is 0 Å². The average Bonchev–Trinajstić information content (AvgIpc) is 3.93. The highest BCUT2D eigenvalue weighted by molar-refractivity contribution is 6.10. The minimum atomic E-state index is -2.18. The van der Waals surface area contributed by atoms with Gasteiger partial charge in [-0.25, -0.2) is 9.97 Å². The number of anilines is 3. The Balaban J connectivity index is 0.000000168. The van der Waals surface area contributed by atoms with Gasteiger partial charge in [0.25, 0.3) is 0 Å². The average molecular weight is 736 g/mol. The van der Waals surface area contributed by atoms with Crippen molar-refractivity contribution in [3.8, 4) is 0 Å². The minimum Gasteiger partial charge on any atom is -0.435 e. The number of hydrogen-bond donors (Lipinski definition) is 0. The number of furan rings is 2. The van der Waals surface area contributed by atoms with Gasteiger partial charge >= 0.3 is 0 Å². The Labute approximate surface area is 328 Å². The van der Waals surface area contributed by atoms with Crippen LogP contribution in [-0.2, 0) is 0 Å². The molecule has 55 heavy (non-hydrogen) atoms. The van der Waals surface area contributed by atoms with E-state index in [4.69, 9.17) is 12.9 Å². The molecule has 2 aliphatic heterocycles. The second kappa shape index (κ2) is 13.8. The summed E-state index contributed by atoms with van der Waals surface area (Å²) in [5.41, 5.74) is 13.1. The minimum absolute atomic E-state index is 0.120. The summed E-state index contributed by atoms with van der Waals surface area (Å²) < 4.78 is 35.5. The normalized spacial score (nSPS) is 18.1. The van der Waals surface area contributed by atoms with E-state index in [0.717, 1.165) is 61.0 Å². The molecule has 3 aromatic carbocycles. The molecule has 6 heterocycles. The summed E-state index contributed by atoms with van der Waals surface area (Å²) in [6.07, 6.45) is 7.61. The van der Waals surface area contributed by atoms with Gasteiger partial charge in [0.2, 0.25) is 11.4 Å². The van der Waals surface area contributed by atoms with Gasteiger partial charge in [-0.3, -0.25) is 0 Å². The molecule has 0 radical (unpaired) electrons. The molecule has 0 saturated carbocycles. The van der Waals surface area contributed by atoms with Gasteiger partial charge in [0.1, 0.15) is 12.3 Å². The van der Waals surface area contributed by atoms with Crippen LogP contribution in [-0.4, -0.2) is 34.2 Å². The zero-order valence-corrected chi connectivity index (χ0v) is 33.5. The third-order valence-corrected chi connectivity index (χ3v) is 11.1. The lowest BCUT2D eigenvalue weighted by Gasteiger charge is -2.34. The third kappa shape index (κ3) is 6.08. The highest BCUT2D eigenvalue weighted by Gasteiger charge is 2.32. The lowest BCUT2D eigenvalue weighted by molar-refractivity contribution is 0.383. The van der Waals surface area contributed by atoms with E-state index < -0.39 is 6.98 Å². The van der Waals surface area contributed by atoms with E-state index in [2.05, 4.69) is 110 Å². The predicted octanol–water partition coefficient (Wildman–Crippen LogP) is 12.2. The van der Waals surface area contributed by atoms with Crippen molar-refractivity contribution in [1.29, 1.82) is 0 Å². The number of para-hydroxylation sites is 1. The molecule has 8 heteroatoms. The van der Waals surface area contributed by atoms with Crippen molar-refractivity contribution in [3.05, 3.63) is 125 Å². The second-order valence-corrected chi connectivity index (χ2v) is 15.6. The van der Waals surface area contributed by atoms with Crippen molar-refractivity contribution >= 4 is 61.2 Å². The summed E-state index contributed by atoms with van der Waals surface area (Å²) >= 11 is 0. The molecular formula is C47H52N6O2. The number of nitrogens with zero attached hydrogens (tertiary/aromatic N) is 6. The summed E-state index contributed by atoms with van der Waals surface area (Å²) in [5, 5.41) is 4.13. The number of fused-ring (bicyclic) bond motifs is 6. The monoisotopic (exact) mass is 735 g/mol. The summed E-state index contributed by atoms with van der Waals surface area (Å²) in [6.45, 7) is 19.2. The Morgan fingerprint density at radius 1 is 0.545 bits per heavy atom. The molecule has 0 N–H and O–H groups in total. The molecule has 8 nitrogen and oxygen atoms in total. The van der Waals surface area contributed by atoms with Crippen LogP contribution in [0.4, 0.5) is 17.1 Å². The molecule has 0 fully saturated rings. The van der Waals surface area contributed by atoms with E-state index >= 15 is 0 Å². The highest BCUT2D eigenvalue weighted by atomic mass is 16.3. The van der Waals surface area contributed by atoms with Gasteiger partial charge in [0.05, 0.1) is 11.4 Å². The molecule has 4 aromatic heterocycles. The predicted molar refractivity (Wildman–Crippen MR) is 229 cm³/mol. The maximum absolute atomic E-state index is 7.69.